The predicted molar refractivity (Wildman–Crippen MR) is 204 cm³/mol. The fourth-order valence-corrected chi connectivity index (χ4v) is 6.34. The van der Waals surface area contributed by atoms with Crippen LogP contribution in [0.5, 0.6) is 11.5 Å². The van der Waals surface area contributed by atoms with Gasteiger partial charge in [0.15, 0.2) is 5.82 Å². The molecule has 2 aromatic carbocycles. The normalized spacial score (nSPS) is 13.6. The lowest BCUT2D eigenvalue weighted by atomic mass is 10.1. The van der Waals surface area contributed by atoms with Gasteiger partial charge in [0.1, 0.15) is 23.9 Å². The molecule has 0 radical (unpaired) electrons. The largest absolute Gasteiger partial charge is 0.497 e. The van der Waals surface area contributed by atoms with Gasteiger partial charge in [0.25, 0.3) is 0 Å². The molecule has 1 fully saturated rings. The van der Waals surface area contributed by atoms with Crippen LogP contribution in [0.2, 0.25) is 0 Å². The van der Waals surface area contributed by atoms with Gasteiger partial charge < -0.3 is 34.1 Å². The molecule has 0 aliphatic carbocycles. The van der Waals surface area contributed by atoms with Gasteiger partial charge in [-0.1, -0.05) is 24.3 Å². The fourth-order valence-electron chi connectivity index (χ4n) is 6.34. The molecule has 0 bridgehead atoms. The number of carbonyl (C=O) groups excluding carboxylic acids is 2. The van der Waals surface area contributed by atoms with Gasteiger partial charge in [-0.15, -0.1) is 0 Å². The molecule has 1 N–H and O–H groups in total. The molecule has 284 valence electrons. The zero-order chi connectivity index (χ0) is 38.1. The molecule has 2 amide bonds. The Bertz CT molecular complexity index is 2030. The van der Waals surface area contributed by atoms with E-state index < -0.39 is 12.0 Å². The Hall–Kier alpha value is -6.42. The number of anilines is 3. The summed E-state index contributed by atoms with van der Waals surface area (Å²) in [6.45, 7) is 5.51. The molecule has 2 aliphatic heterocycles. The van der Waals surface area contributed by atoms with Crippen molar-refractivity contribution in [2.75, 3.05) is 74.9 Å². The molecule has 16 heteroatoms. The van der Waals surface area contributed by atoms with Crippen LogP contribution in [0, 0.1) is 0 Å². The van der Waals surface area contributed by atoms with Crippen molar-refractivity contribution in [2.24, 2.45) is 0 Å². The number of fused-ring (bicyclic) bond motifs is 1. The van der Waals surface area contributed by atoms with Crippen LogP contribution in [0.1, 0.15) is 23.6 Å². The first-order valence-electron chi connectivity index (χ1n) is 18.0. The van der Waals surface area contributed by atoms with Crippen molar-refractivity contribution in [2.45, 2.75) is 26.4 Å². The van der Waals surface area contributed by atoms with Crippen molar-refractivity contribution in [1.29, 1.82) is 0 Å². The van der Waals surface area contributed by atoms with Crippen LogP contribution in [-0.2, 0) is 33.8 Å². The average molecular weight is 747 g/mol. The topological polar surface area (TPSA) is 170 Å². The molecule has 1 saturated heterocycles. The maximum absolute atomic E-state index is 13.2. The Labute approximate surface area is 318 Å². The van der Waals surface area contributed by atoms with Gasteiger partial charge in [0.2, 0.25) is 11.9 Å². The van der Waals surface area contributed by atoms with Crippen molar-refractivity contribution in [3.63, 3.8) is 0 Å². The standard InChI is InChI=1S/C39H42N10O6/c1-4-55-33(50)23-44-39(51)49-14-13-32-34(45-38(46-36(32)49)47-15-17-54-18-16-47)28-19-40-35(41-20-28)29-21-42-37(43-22-29)48(24-26-5-9-30(52-2)10-6-26)25-27-7-11-31(53-3)12-8-27/h5-12,19-22H,4,13-18,23-25H2,1-3H3,(H,44,51). The zero-order valence-electron chi connectivity index (χ0n) is 31.0. The summed E-state index contributed by atoms with van der Waals surface area (Å²) in [5.74, 6) is 3.02. The van der Waals surface area contributed by atoms with Gasteiger partial charge >= 0.3 is 12.0 Å². The highest BCUT2D eigenvalue weighted by atomic mass is 16.5. The van der Waals surface area contributed by atoms with Crippen LogP contribution in [0.3, 0.4) is 0 Å². The highest BCUT2D eigenvalue weighted by molar-refractivity contribution is 5.96. The number of hydrogen-bond acceptors (Lipinski definition) is 14. The molecule has 0 atom stereocenters. The Morgan fingerprint density at radius 1 is 0.800 bits per heavy atom. The number of amides is 2. The molecule has 5 heterocycles. The van der Waals surface area contributed by atoms with E-state index in [0.717, 1.165) is 28.2 Å². The third-order valence-corrected chi connectivity index (χ3v) is 9.21. The summed E-state index contributed by atoms with van der Waals surface area (Å²) in [7, 11) is 3.30. The fraction of sp³-hybridized carbons (Fsp3) is 0.333. The second kappa shape index (κ2) is 17.2. The van der Waals surface area contributed by atoms with Crippen molar-refractivity contribution in [3.05, 3.63) is 90.0 Å². The second-order valence-electron chi connectivity index (χ2n) is 12.8. The third kappa shape index (κ3) is 8.70. The first-order valence-corrected chi connectivity index (χ1v) is 18.0. The molecule has 2 aliphatic rings. The maximum atomic E-state index is 13.2. The summed E-state index contributed by atoms with van der Waals surface area (Å²) in [6.07, 6.45) is 7.38. The molecule has 0 unspecified atom stereocenters. The number of carbonyl (C=O) groups is 2. The number of methoxy groups -OCH3 is 2. The highest BCUT2D eigenvalue weighted by Gasteiger charge is 2.32. The lowest BCUT2D eigenvalue weighted by molar-refractivity contribution is -0.141. The molecular formula is C39H42N10O6. The Morgan fingerprint density at radius 3 is 1.98 bits per heavy atom. The molecule has 0 spiro atoms. The molecule has 0 saturated carbocycles. The quantitative estimate of drug-likeness (QED) is 0.171. The van der Waals surface area contributed by atoms with E-state index in [1.54, 1.807) is 45.9 Å². The van der Waals surface area contributed by atoms with Gasteiger partial charge in [0.05, 0.1) is 45.3 Å². The van der Waals surface area contributed by atoms with Crippen LogP contribution >= 0.6 is 0 Å². The van der Waals surface area contributed by atoms with E-state index in [9.17, 15) is 9.59 Å². The summed E-state index contributed by atoms with van der Waals surface area (Å²) >= 11 is 0. The summed E-state index contributed by atoms with van der Waals surface area (Å²) in [4.78, 5) is 59.4. The van der Waals surface area contributed by atoms with Gasteiger partial charge in [0, 0.05) is 68.6 Å². The van der Waals surface area contributed by atoms with E-state index in [4.69, 9.17) is 38.9 Å². The van der Waals surface area contributed by atoms with Crippen molar-refractivity contribution < 1.29 is 28.5 Å². The minimum absolute atomic E-state index is 0.231. The van der Waals surface area contributed by atoms with Crippen LogP contribution in [0.15, 0.2) is 73.3 Å². The van der Waals surface area contributed by atoms with Gasteiger partial charge in [-0.3, -0.25) is 9.69 Å². The van der Waals surface area contributed by atoms with Crippen molar-refractivity contribution in [1.82, 2.24) is 35.2 Å². The molecule has 3 aromatic heterocycles. The monoisotopic (exact) mass is 746 g/mol. The average Bonchev–Trinajstić information content (AvgIpc) is 3.68. The first-order chi connectivity index (χ1) is 26.9. The minimum atomic E-state index is -0.510. The smallest absolute Gasteiger partial charge is 0.325 e. The van der Waals surface area contributed by atoms with Crippen molar-refractivity contribution >= 4 is 29.7 Å². The van der Waals surface area contributed by atoms with E-state index in [-0.39, 0.29) is 13.2 Å². The number of nitrogens with zero attached hydrogens (tertiary/aromatic N) is 9. The van der Waals surface area contributed by atoms with Crippen molar-refractivity contribution in [3.8, 4) is 34.1 Å². The number of ether oxygens (including phenoxy) is 4. The number of aromatic nitrogens is 6. The van der Waals surface area contributed by atoms with Crippen LogP contribution < -0.4 is 29.5 Å². The first kappa shape index (κ1) is 36.9. The van der Waals surface area contributed by atoms with Crippen LogP contribution in [0.4, 0.5) is 22.5 Å². The number of rotatable bonds is 13. The SMILES string of the molecule is CCOC(=O)CNC(=O)N1CCc2c(-c3cnc(-c4cnc(N(Cc5ccc(OC)cc5)Cc5ccc(OC)cc5)nc4)nc3)nc(N3CCOCC3)nc21. The summed E-state index contributed by atoms with van der Waals surface area (Å²) in [5, 5.41) is 2.65. The van der Waals surface area contributed by atoms with E-state index in [1.807, 2.05) is 53.4 Å². The van der Waals surface area contributed by atoms with Gasteiger partial charge in [-0.25, -0.2) is 29.7 Å². The molecule has 5 aromatic rings. The molecule has 7 rings (SSSR count). The zero-order valence-corrected chi connectivity index (χ0v) is 31.0. The minimum Gasteiger partial charge on any atom is -0.497 e. The summed E-state index contributed by atoms with van der Waals surface area (Å²) < 4.78 is 21.2. The summed E-state index contributed by atoms with van der Waals surface area (Å²) in [6, 6.07) is 15.4. The van der Waals surface area contributed by atoms with Crippen LogP contribution in [-0.4, -0.2) is 102 Å². The number of nitrogens with one attached hydrogen (secondary N) is 1. The third-order valence-electron chi connectivity index (χ3n) is 9.21. The molecule has 55 heavy (non-hydrogen) atoms. The molecule has 16 nitrogen and oxygen atoms in total. The van der Waals surface area contributed by atoms with E-state index in [0.29, 0.717) is 92.7 Å². The lowest BCUT2D eigenvalue weighted by Crippen LogP contribution is -2.42. The second-order valence-corrected chi connectivity index (χ2v) is 12.8. The number of urea groups is 1. The number of benzene rings is 2. The van der Waals surface area contributed by atoms with Gasteiger partial charge in [-0.2, -0.15) is 4.98 Å². The predicted octanol–water partition coefficient (Wildman–Crippen LogP) is 4.09. The van der Waals surface area contributed by atoms with E-state index in [1.165, 1.54) is 4.90 Å². The van der Waals surface area contributed by atoms with Crippen LogP contribution in [0.25, 0.3) is 22.6 Å². The van der Waals surface area contributed by atoms with E-state index in [2.05, 4.69) is 20.2 Å². The Kier molecular flexibility index (Phi) is 11.5. The highest BCUT2D eigenvalue weighted by Crippen LogP contribution is 2.36. The number of hydrogen-bond donors (Lipinski definition) is 1. The molecular weight excluding hydrogens is 704 g/mol. The number of esters is 1. The number of morpholine rings is 1. The lowest BCUT2D eigenvalue weighted by Gasteiger charge is -2.28. The maximum Gasteiger partial charge on any atom is 0.325 e. The van der Waals surface area contributed by atoms with Gasteiger partial charge in [-0.05, 0) is 48.7 Å². The Balaban J connectivity index is 1.13. The summed E-state index contributed by atoms with van der Waals surface area (Å²) in [5.41, 5.74) is 4.91. The van der Waals surface area contributed by atoms with E-state index >= 15 is 0 Å². The Morgan fingerprint density at radius 2 is 1.40 bits per heavy atom.